The number of carbonyl (C=O) groups is 2. The minimum absolute atomic E-state index is 0.133. The molecule has 4 N–H and O–H groups in total. The van der Waals surface area contributed by atoms with Crippen molar-refractivity contribution in [3.63, 3.8) is 0 Å². The van der Waals surface area contributed by atoms with E-state index < -0.39 is 6.09 Å². The Morgan fingerprint density at radius 2 is 1.88 bits per heavy atom. The van der Waals surface area contributed by atoms with Gasteiger partial charge in [0.25, 0.3) is 0 Å². The summed E-state index contributed by atoms with van der Waals surface area (Å²) in [5.41, 5.74) is 5.71. The molecule has 26 heavy (non-hydrogen) atoms. The number of carbonyl (C=O) groups excluding carboxylic acids is 2. The minimum Gasteiger partial charge on any atom is -0.493 e. The molecule has 2 rings (SSSR count). The number of urea groups is 1. The predicted molar refractivity (Wildman–Crippen MR) is 104 cm³/mol. The van der Waals surface area contributed by atoms with Crippen LogP contribution in [0.2, 0.25) is 0 Å². The Morgan fingerprint density at radius 3 is 2.50 bits per heavy atom. The van der Waals surface area contributed by atoms with Crippen LogP contribution in [-0.4, -0.2) is 43.4 Å². The molecule has 1 aliphatic carbocycles. The first-order valence-electron chi connectivity index (χ1n) is 8.78. The van der Waals surface area contributed by atoms with Gasteiger partial charge in [-0.1, -0.05) is 0 Å². The van der Waals surface area contributed by atoms with Crippen molar-refractivity contribution in [1.29, 1.82) is 0 Å². The lowest BCUT2D eigenvalue weighted by Crippen LogP contribution is -2.40. The maximum Gasteiger partial charge on any atom is 0.404 e. The molecule has 0 aromatic heterocycles. The molecule has 0 unspecified atom stereocenters. The first-order chi connectivity index (χ1) is 12.6. The van der Waals surface area contributed by atoms with Crippen LogP contribution < -0.4 is 21.1 Å². The summed E-state index contributed by atoms with van der Waals surface area (Å²) in [5, 5.41) is 5.83. The normalized spacial score (nSPS) is 19.4. The van der Waals surface area contributed by atoms with Gasteiger partial charge in [0.05, 0.1) is 13.2 Å². The van der Waals surface area contributed by atoms with Gasteiger partial charge >= 0.3 is 12.1 Å². The van der Waals surface area contributed by atoms with Gasteiger partial charge < -0.3 is 25.8 Å². The molecule has 0 aliphatic heterocycles. The van der Waals surface area contributed by atoms with Crippen LogP contribution >= 0.6 is 11.8 Å². The summed E-state index contributed by atoms with van der Waals surface area (Å²) < 4.78 is 10.4. The third-order valence-corrected chi connectivity index (χ3v) is 4.89. The number of primary amides is 1. The van der Waals surface area contributed by atoms with E-state index in [0.717, 1.165) is 42.9 Å². The van der Waals surface area contributed by atoms with Gasteiger partial charge in [0.15, 0.2) is 0 Å². The van der Waals surface area contributed by atoms with Crippen LogP contribution in [0, 0.1) is 5.92 Å². The summed E-state index contributed by atoms with van der Waals surface area (Å²) >= 11 is 1.74. The fraction of sp³-hybridized carbons (Fsp3) is 0.556. The van der Waals surface area contributed by atoms with Gasteiger partial charge in [0.1, 0.15) is 5.75 Å². The number of anilines is 1. The Morgan fingerprint density at radius 1 is 1.19 bits per heavy atom. The van der Waals surface area contributed by atoms with E-state index in [1.54, 1.807) is 11.8 Å². The Balaban J connectivity index is 1.68. The van der Waals surface area contributed by atoms with Crippen LogP contribution in [0.3, 0.4) is 0 Å². The van der Waals surface area contributed by atoms with E-state index in [-0.39, 0.29) is 12.1 Å². The summed E-state index contributed by atoms with van der Waals surface area (Å²) in [6.07, 6.45) is 4.84. The second-order valence-electron chi connectivity index (χ2n) is 6.31. The standard InChI is InChI=1S/C18H27N3O4S/c1-26-11-10-24-16-8-6-15(7-9-16)21-18(23)20-14-4-2-13(3-5-14)12-25-17(19)22/h6-9,13-14H,2-5,10-12H2,1H3,(H2,19,22)(H2,20,21,23)/t13-,14+. The number of benzene rings is 1. The number of ether oxygens (including phenoxy) is 2. The maximum atomic E-state index is 12.1. The van der Waals surface area contributed by atoms with Crippen molar-refractivity contribution in [2.45, 2.75) is 31.7 Å². The lowest BCUT2D eigenvalue weighted by atomic mass is 9.86. The first-order valence-corrected chi connectivity index (χ1v) is 10.2. The van der Waals surface area contributed by atoms with Gasteiger partial charge in [0.2, 0.25) is 0 Å². The molecule has 1 fully saturated rings. The van der Waals surface area contributed by atoms with Crippen LogP contribution in [-0.2, 0) is 4.74 Å². The fourth-order valence-corrected chi connectivity index (χ4v) is 3.15. The Labute approximate surface area is 158 Å². The highest BCUT2D eigenvalue weighted by atomic mass is 32.2. The van der Waals surface area contributed by atoms with Crippen molar-refractivity contribution in [3.05, 3.63) is 24.3 Å². The molecule has 0 spiro atoms. The average Bonchev–Trinajstić information content (AvgIpc) is 2.63. The largest absolute Gasteiger partial charge is 0.493 e. The van der Waals surface area contributed by atoms with E-state index in [4.69, 9.17) is 15.2 Å². The average molecular weight is 381 g/mol. The molecule has 3 amide bonds. The maximum absolute atomic E-state index is 12.1. The number of thioether (sulfide) groups is 1. The number of nitrogens with two attached hydrogens (primary N) is 1. The minimum atomic E-state index is -0.731. The molecule has 7 nitrogen and oxygen atoms in total. The van der Waals surface area contributed by atoms with Gasteiger partial charge in [-0.3, -0.25) is 0 Å². The highest BCUT2D eigenvalue weighted by molar-refractivity contribution is 7.98. The topological polar surface area (TPSA) is 103 Å². The zero-order valence-electron chi connectivity index (χ0n) is 15.0. The molecule has 0 radical (unpaired) electrons. The molecular formula is C18H27N3O4S. The molecule has 1 aliphatic rings. The van der Waals surface area contributed by atoms with Crippen LogP contribution in [0.5, 0.6) is 5.75 Å². The predicted octanol–water partition coefficient (Wildman–Crippen LogP) is 3.20. The van der Waals surface area contributed by atoms with Crippen LogP contribution in [0.4, 0.5) is 15.3 Å². The molecule has 0 saturated heterocycles. The van der Waals surface area contributed by atoms with Crippen molar-refractivity contribution < 1.29 is 19.1 Å². The van der Waals surface area contributed by atoms with E-state index in [1.165, 1.54) is 0 Å². The summed E-state index contributed by atoms with van der Waals surface area (Å²) in [7, 11) is 0. The molecule has 1 saturated carbocycles. The number of hydrogen-bond donors (Lipinski definition) is 3. The molecule has 144 valence electrons. The molecular weight excluding hydrogens is 354 g/mol. The van der Waals surface area contributed by atoms with E-state index in [1.807, 2.05) is 30.5 Å². The lowest BCUT2D eigenvalue weighted by molar-refractivity contribution is 0.120. The smallest absolute Gasteiger partial charge is 0.404 e. The molecule has 1 aromatic carbocycles. The zero-order chi connectivity index (χ0) is 18.8. The summed E-state index contributed by atoms with van der Waals surface area (Å²) in [4.78, 5) is 22.8. The third-order valence-electron chi connectivity index (χ3n) is 4.31. The van der Waals surface area contributed by atoms with Crippen molar-refractivity contribution in [2.24, 2.45) is 11.7 Å². The lowest BCUT2D eigenvalue weighted by Gasteiger charge is -2.28. The number of amides is 3. The third kappa shape index (κ3) is 7.43. The Bertz CT molecular complexity index is 574. The van der Waals surface area contributed by atoms with Crippen molar-refractivity contribution in [3.8, 4) is 5.75 Å². The van der Waals surface area contributed by atoms with Gasteiger partial charge in [-0.05, 0) is 62.1 Å². The van der Waals surface area contributed by atoms with Gasteiger partial charge in [-0.25, -0.2) is 9.59 Å². The zero-order valence-corrected chi connectivity index (χ0v) is 15.8. The molecule has 0 heterocycles. The monoisotopic (exact) mass is 381 g/mol. The molecule has 8 heteroatoms. The quantitative estimate of drug-likeness (QED) is 0.600. The van der Waals surface area contributed by atoms with Crippen LogP contribution in [0.25, 0.3) is 0 Å². The fourth-order valence-electron chi connectivity index (χ4n) is 2.90. The Kier molecular flexibility index (Phi) is 8.40. The number of hydrogen-bond acceptors (Lipinski definition) is 5. The second kappa shape index (κ2) is 10.8. The van der Waals surface area contributed by atoms with E-state index in [2.05, 4.69) is 10.6 Å². The molecule has 0 atom stereocenters. The van der Waals surface area contributed by atoms with E-state index in [9.17, 15) is 9.59 Å². The summed E-state index contributed by atoms with van der Waals surface area (Å²) in [6, 6.07) is 7.27. The highest BCUT2D eigenvalue weighted by Crippen LogP contribution is 2.24. The van der Waals surface area contributed by atoms with Crippen molar-refractivity contribution in [1.82, 2.24) is 5.32 Å². The molecule has 1 aromatic rings. The van der Waals surface area contributed by atoms with E-state index >= 15 is 0 Å². The van der Waals surface area contributed by atoms with Gasteiger partial charge in [0, 0.05) is 17.5 Å². The summed E-state index contributed by atoms with van der Waals surface area (Å²) in [5.74, 6) is 2.06. The van der Waals surface area contributed by atoms with Crippen molar-refractivity contribution in [2.75, 3.05) is 30.5 Å². The van der Waals surface area contributed by atoms with Crippen LogP contribution in [0.15, 0.2) is 24.3 Å². The molecule has 0 bridgehead atoms. The Hall–Kier alpha value is -2.09. The van der Waals surface area contributed by atoms with Crippen LogP contribution in [0.1, 0.15) is 25.7 Å². The number of nitrogens with one attached hydrogen (secondary N) is 2. The first kappa shape index (κ1) is 20.2. The van der Waals surface area contributed by atoms with Gasteiger partial charge in [-0.15, -0.1) is 0 Å². The van der Waals surface area contributed by atoms with E-state index in [0.29, 0.717) is 19.1 Å². The SMILES string of the molecule is CSCCOc1ccc(NC(=O)N[C@H]2CC[C@@H](COC(N)=O)CC2)cc1. The summed E-state index contributed by atoms with van der Waals surface area (Å²) in [6.45, 7) is 1.03. The second-order valence-corrected chi connectivity index (χ2v) is 7.30. The van der Waals surface area contributed by atoms with Gasteiger partial charge in [-0.2, -0.15) is 11.8 Å². The highest BCUT2D eigenvalue weighted by Gasteiger charge is 2.23. The van der Waals surface area contributed by atoms with Crippen molar-refractivity contribution >= 4 is 29.6 Å². The number of rotatable bonds is 8.